The van der Waals surface area contributed by atoms with Gasteiger partial charge in [0.25, 0.3) is 0 Å². The molecule has 2 heterocycles. The number of nitriles is 1. The Morgan fingerprint density at radius 1 is 1.45 bits per heavy atom. The predicted octanol–water partition coefficient (Wildman–Crippen LogP) is 1.40. The van der Waals surface area contributed by atoms with E-state index < -0.39 is 5.97 Å². The fourth-order valence-corrected chi connectivity index (χ4v) is 3.22. The fourth-order valence-electron chi connectivity index (χ4n) is 3.22. The molecule has 3 rings (SSSR count). The van der Waals surface area contributed by atoms with Gasteiger partial charge < -0.3 is 10.0 Å². The third kappa shape index (κ3) is 2.50. The van der Waals surface area contributed by atoms with Gasteiger partial charge in [-0.15, -0.1) is 0 Å². The van der Waals surface area contributed by atoms with Gasteiger partial charge in [-0.1, -0.05) is 0 Å². The van der Waals surface area contributed by atoms with Crippen LogP contribution in [0.15, 0.2) is 18.2 Å². The van der Waals surface area contributed by atoms with E-state index in [1.165, 1.54) is 4.90 Å². The van der Waals surface area contributed by atoms with Crippen molar-refractivity contribution in [3.05, 3.63) is 23.8 Å². The zero-order valence-corrected chi connectivity index (χ0v) is 12.2. The Morgan fingerprint density at radius 3 is 3.00 bits per heavy atom. The minimum atomic E-state index is -0.749. The van der Waals surface area contributed by atoms with E-state index >= 15 is 0 Å². The molecular weight excluding hydrogens is 282 g/mol. The van der Waals surface area contributed by atoms with Crippen molar-refractivity contribution in [2.75, 3.05) is 29.4 Å². The number of carbonyl (C=O) groups excluding carboxylic acids is 1. The summed E-state index contributed by atoms with van der Waals surface area (Å²) in [6.45, 7) is 1.40. The number of carboxylic acid groups (broad SMARTS) is 1. The van der Waals surface area contributed by atoms with E-state index in [-0.39, 0.29) is 18.4 Å². The highest BCUT2D eigenvalue weighted by Gasteiger charge is 2.29. The van der Waals surface area contributed by atoms with Gasteiger partial charge in [-0.3, -0.25) is 14.5 Å². The van der Waals surface area contributed by atoms with E-state index in [2.05, 4.69) is 4.90 Å². The molecule has 1 N–H and O–H groups in total. The van der Waals surface area contributed by atoms with E-state index in [0.29, 0.717) is 19.4 Å². The lowest BCUT2D eigenvalue weighted by Gasteiger charge is -2.32. The van der Waals surface area contributed by atoms with Gasteiger partial charge in [0, 0.05) is 24.5 Å². The monoisotopic (exact) mass is 299 g/mol. The van der Waals surface area contributed by atoms with Crippen LogP contribution in [0.3, 0.4) is 0 Å². The van der Waals surface area contributed by atoms with Crippen LogP contribution in [-0.2, 0) is 16.0 Å². The molecule has 2 aliphatic rings. The molecule has 1 amide bonds. The highest BCUT2D eigenvalue weighted by molar-refractivity contribution is 6.02. The summed E-state index contributed by atoms with van der Waals surface area (Å²) in [5, 5.41) is 18.0. The molecule has 0 aliphatic carbocycles. The molecule has 2 aliphatic heterocycles. The van der Waals surface area contributed by atoms with E-state index in [0.717, 1.165) is 29.9 Å². The minimum absolute atomic E-state index is 0.0595. The van der Waals surface area contributed by atoms with E-state index in [9.17, 15) is 14.7 Å². The maximum absolute atomic E-state index is 11.9. The number of benzene rings is 1. The number of piperidine rings is 1. The maximum atomic E-state index is 11.9. The lowest BCUT2D eigenvalue weighted by molar-refractivity contribution is -0.142. The van der Waals surface area contributed by atoms with Crippen LogP contribution >= 0.6 is 0 Å². The van der Waals surface area contributed by atoms with Crippen LogP contribution in [0.25, 0.3) is 0 Å². The van der Waals surface area contributed by atoms with Gasteiger partial charge in [-0.25, -0.2) is 0 Å². The van der Waals surface area contributed by atoms with Crippen molar-refractivity contribution in [3.63, 3.8) is 0 Å². The van der Waals surface area contributed by atoms with Crippen LogP contribution in [0, 0.1) is 17.2 Å². The Balaban J connectivity index is 1.83. The standard InChI is InChI=1S/C16H17N3O3/c17-5-7-19-14-4-3-13(8-12(14)9-15(19)20)18-6-1-2-11(10-18)16(21)22/h3-4,8,11H,1-2,6-7,9-10H2,(H,21,22). The van der Waals surface area contributed by atoms with Crippen molar-refractivity contribution in [1.82, 2.24) is 0 Å². The van der Waals surface area contributed by atoms with Crippen molar-refractivity contribution < 1.29 is 14.7 Å². The highest BCUT2D eigenvalue weighted by atomic mass is 16.4. The molecule has 1 aromatic carbocycles. The van der Waals surface area contributed by atoms with Gasteiger partial charge in [0.2, 0.25) is 5.91 Å². The molecule has 0 radical (unpaired) electrons. The van der Waals surface area contributed by atoms with Crippen molar-refractivity contribution in [1.29, 1.82) is 5.26 Å². The summed E-state index contributed by atoms with van der Waals surface area (Å²) in [7, 11) is 0. The minimum Gasteiger partial charge on any atom is -0.481 e. The van der Waals surface area contributed by atoms with Crippen LogP contribution in [0.2, 0.25) is 0 Å². The number of carboxylic acids is 1. The average molecular weight is 299 g/mol. The fraction of sp³-hybridized carbons (Fsp3) is 0.438. The maximum Gasteiger partial charge on any atom is 0.308 e. The third-order valence-electron chi connectivity index (χ3n) is 4.36. The number of amides is 1. The van der Waals surface area contributed by atoms with Crippen molar-refractivity contribution in [2.45, 2.75) is 19.3 Å². The topological polar surface area (TPSA) is 84.6 Å². The molecule has 6 heteroatoms. The first-order valence-corrected chi connectivity index (χ1v) is 7.38. The van der Waals surface area contributed by atoms with Gasteiger partial charge in [0.15, 0.2) is 0 Å². The van der Waals surface area contributed by atoms with Crippen molar-refractivity contribution in [2.24, 2.45) is 5.92 Å². The molecule has 22 heavy (non-hydrogen) atoms. The number of nitrogens with zero attached hydrogens (tertiary/aromatic N) is 3. The Labute approximate surface area is 128 Å². The number of hydrogen-bond donors (Lipinski definition) is 1. The molecule has 0 bridgehead atoms. The lowest BCUT2D eigenvalue weighted by atomic mass is 9.97. The quantitative estimate of drug-likeness (QED) is 0.853. The molecule has 0 saturated carbocycles. The zero-order chi connectivity index (χ0) is 15.7. The van der Waals surface area contributed by atoms with Crippen LogP contribution in [0.1, 0.15) is 18.4 Å². The Morgan fingerprint density at radius 2 is 2.27 bits per heavy atom. The number of carbonyl (C=O) groups is 2. The number of aliphatic carboxylic acids is 1. The number of anilines is 2. The average Bonchev–Trinajstić information content (AvgIpc) is 2.83. The van der Waals surface area contributed by atoms with Crippen LogP contribution in [0.4, 0.5) is 11.4 Å². The summed E-state index contributed by atoms with van der Waals surface area (Å²) in [6, 6.07) is 7.73. The number of fused-ring (bicyclic) bond motifs is 1. The first-order chi connectivity index (χ1) is 10.6. The molecule has 6 nitrogen and oxygen atoms in total. The van der Waals surface area contributed by atoms with Gasteiger partial charge in [0.1, 0.15) is 6.54 Å². The van der Waals surface area contributed by atoms with Gasteiger partial charge in [-0.2, -0.15) is 5.26 Å². The van der Waals surface area contributed by atoms with Crippen LogP contribution in [0.5, 0.6) is 0 Å². The molecular formula is C16H17N3O3. The second kappa shape index (κ2) is 5.68. The summed E-state index contributed by atoms with van der Waals surface area (Å²) in [6.07, 6.45) is 1.87. The SMILES string of the molecule is N#CCN1C(=O)Cc2cc(N3CCCC(C(=O)O)C3)ccc21. The van der Waals surface area contributed by atoms with Crippen LogP contribution in [-0.4, -0.2) is 36.6 Å². The molecule has 1 saturated heterocycles. The smallest absolute Gasteiger partial charge is 0.308 e. The molecule has 0 spiro atoms. The summed E-state index contributed by atoms with van der Waals surface area (Å²) in [4.78, 5) is 26.7. The summed E-state index contributed by atoms with van der Waals surface area (Å²) < 4.78 is 0. The number of hydrogen-bond acceptors (Lipinski definition) is 4. The van der Waals surface area contributed by atoms with Gasteiger partial charge >= 0.3 is 5.97 Å². The Kier molecular flexibility index (Phi) is 3.72. The molecule has 1 atom stereocenters. The molecule has 0 aromatic heterocycles. The highest BCUT2D eigenvalue weighted by Crippen LogP contribution is 2.33. The van der Waals surface area contributed by atoms with Crippen molar-refractivity contribution >= 4 is 23.3 Å². The number of rotatable bonds is 3. The molecule has 114 valence electrons. The lowest BCUT2D eigenvalue weighted by Crippen LogP contribution is -2.38. The van der Waals surface area contributed by atoms with Gasteiger partial charge in [0.05, 0.1) is 18.4 Å². The molecule has 1 aromatic rings. The summed E-state index contributed by atoms with van der Waals surface area (Å²) in [5.41, 5.74) is 2.66. The molecule has 1 unspecified atom stereocenters. The van der Waals surface area contributed by atoms with E-state index in [4.69, 9.17) is 5.26 Å². The summed E-state index contributed by atoms with van der Waals surface area (Å²) >= 11 is 0. The third-order valence-corrected chi connectivity index (χ3v) is 4.36. The van der Waals surface area contributed by atoms with Crippen LogP contribution < -0.4 is 9.80 Å². The Hall–Kier alpha value is -2.55. The van der Waals surface area contributed by atoms with E-state index in [1.807, 2.05) is 24.3 Å². The first kappa shape index (κ1) is 14.4. The first-order valence-electron chi connectivity index (χ1n) is 7.38. The van der Waals surface area contributed by atoms with Gasteiger partial charge in [-0.05, 0) is 36.6 Å². The Bertz CT molecular complexity index is 665. The normalized spacial score (nSPS) is 20.7. The second-order valence-corrected chi connectivity index (χ2v) is 5.75. The zero-order valence-electron chi connectivity index (χ0n) is 12.2. The largest absolute Gasteiger partial charge is 0.481 e. The summed E-state index contributed by atoms with van der Waals surface area (Å²) in [5.74, 6) is -1.14. The molecule has 1 fully saturated rings. The predicted molar refractivity (Wildman–Crippen MR) is 80.7 cm³/mol. The van der Waals surface area contributed by atoms with Crippen molar-refractivity contribution in [3.8, 4) is 6.07 Å². The van der Waals surface area contributed by atoms with E-state index in [1.54, 1.807) is 0 Å². The second-order valence-electron chi connectivity index (χ2n) is 5.75.